The van der Waals surface area contributed by atoms with Crippen molar-refractivity contribution in [3.05, 3.63) is 101 Å². The van der Waals surface area contributed by atoms with Crippen molar-refractivity contribution < 1.29 is 19.4 Å². The van der Waals surface area contributed by atoms with E-state index >= 15 is 0 Å². The van der Waals surface area contributed by atoms with Gasteiger partial charge < -0.3 is 25.3 Å². The van der Waals surface area contributed by atoms with Crippen molar-refractivity contribution in [3.63, 3.8) is 0 Å². The number of nitriles is 1. The van der Waals surface area contributed by atoms with Crippen LogP contribution in [-0.2, 0) is 17.9 Å². The third-order valence-corrected chi connectivity index (χ3v) is 10.5. The molecule has 1 saturated heterocycles. The first kappa shape index (κ1) is 33.5. The number of carbonyl (C=O) groups is 1. The first-order valence-electron chi connectivity index (χ1n) is 17.6. The summed E-state index contributed by atoms with van der Waals surface area (Å²) < 4.78 is 6.26. The van der Waals surface area contributed by atoms with Gasteiger partial charge in [0, 0.05) is 61.3 Å². The zero-order chi connectivity index (χ0) is 35.9. The minimum absolute atomic E-state index is 0.146. The number of carboxylic acids is 1. The minimum atomic E-state index is -0.748. The van der Waals surface area contributed by atoms with Gasteiger partial charge in [0.1, 0.15) is 17.1 Å². The Labute approximate surface area is 301 Å². The van der Waals surface area contributed by atoms with Crippen LogP contribution in [0, 0.1) is 31.1 Å². The fourth-order valence-electron chi connectivity index (χ4n) is 7.49. The Morgan fingerprint density at radius 2 is 1.81 bits per heavy atom. The third kappa shape index (κ3) is 6.48. The van der Waals surface area contributed by atoms with Gasteiger partial charge in [0.25, 0.3) is 0 Å². The summed E-state index contributed by atoms with van der Waals surface area (Å²) in [7, 11) is 0. The van der Waals surface area contributed by atoms with Crippen LogP contribution in [0.5, 0.6) is 0 Å². The normalized spacial score (nSPS) is 18.8. The molecular weight excluding hydrogens is 654 g/mol. The van der Waals surface area contributed by atoms with Gasteiger partial charge in [-0.15, -0.1) is 0 Å². The smallest absolute Gasteiger partial charge is 0.306 e. The number of aliphatic hydroxyl groups is 1. The second-order valence-corrected chi connectivity index (χ2v) is 14.0. The maximum atomic E-state index is 11.2. The number of aliphatic carboxylic acids is 1. The van der Waals surface area contributed by atoms with Gasteiger partial charge >= 0.3 is 5.97 Å². The Balaban J connectivity index is 1.05. The molecule has 3 aromatic carbocycles. The van der Waals surface area contributed by atoms with E-state index in [1.54, 1.807) is 6.20 Å². The highest BCUT2D eigenvalue weighted by molar-refractivity contribution is 5.91. The van der Waals surface area contributed by atoms with Crippen molar-refractivity contribution in [2.45, 2.75) is 58.3 Å². The van der Waals surface area contributed by atoms with Crippen LogP contribution in [0.1, 0.15) is 47.1 Å². The molecule has 2 aliphatic rings. The Bertz CT molecular complexity index is 2380. The van der Waals surface area contributed by atoms with E-state index in [9.17, 15) is 20.3 Å². The zero-order valence-electron chi connectivity index (χ0n) is 29.1. The number of oxazole rings is 1. The number of aromatic nitrogens is 3. The summed E-state index contributed by atoms with van der Waals surface area (Å²) in [5.74, 6) is 0.0845. The molecule has 0 bridgehead atoms. The van der Waals surface area contributed by atoms with Gasteiger partial charge in [0.15, 0.2) is 11.4 Å². The molecule has 0 spiro atoms. The van der Waals surface area contributed by atoms with E-state index in [2.05, 4.69) is 58.6 Å². The fraction of sp³-hybridized carbons (Fsp3) is 0.293. The number of fused-ring (bicyclic) bond motifs is 2. The number of aliphatic hydroxyl groups excluding tert-OH is 1. The van der Waals surface area contributed by atoms with Crippen molar-refractivity contribution >= 4 is 39.5 Å². The predicted octanol–water partition coefficient (Wildman–Crippen LogP) is 6.86. The number of β-amino-alcohol motifs (C(OH)–C–C–N with tert-alkyl or cyclic N) is 1. The quantitative estimate of drug-likeness (QED) is 0.119. The topological polar surface area (TPSA) is 160 Å². The number of hydrogen-bond acceptors (Lipinski definition) is 10. The van der Waals surface area contributed by atoms with Gasteiger partial charge in [-0.25, -0.2) is 9.97 Å². The summed E-state index contributed by atoms with van der Waals surface area (Å²) in [6, 6.07) is 22.5. The van der Waals surface area contributed by atoms with E-state index < -0.39 is 5.97 Å². The molecule has 1 aliphatic carbocycles. The average Bonchev–Trinajstić information content (AvgIpc) is 3.73. The van der Waals surface area contributed by atoms with Crippen LogP contribution in [0.15, 0.2) is 77.5 Å². The van der Waals surface area contributed by atoms with Crippen molar-refractivity contribution in [3.8, 4) is 28.7 Å². The van der Waals surface area contributed by atoms with Gasteiger partial charge in [-0.1, -0.05) is 24.3 Å². The van der Waals surface area contributed by atoms with Crippen LogP contribution in [0.4, 0.5) is 11.5 Å². The Kier molecular flexibility index (Phi) is 8.89. The van der Waals surface area contributed by atoms with Crippen LogP contribution in [0.25, 0.3) is 44.6 Å². The number of nitrogens with one attached hydrogen (secondary N) is 2. The molecule has 1 saturated carbocycles. The van der Waals surface area contributed by atoms with E-state index in [4.69, 9.17) is 14.4 Å². The monoisotopic (exact) mass is 693 g/mol. The number of carboxylic acid groups (broad SMARTS) is 1. The molecule has 52 heavy (non-hydrogen) atoms. The number of anilines is 2. The van der Waals surface area contributed by atoms with E-state index in [0.717, 1.165) is 75.0 Å². The summed E-state index contributed by atoms with van der Waals surface area (Å²) in [6.07, 6.45) is 5.46. The molecule has 1 atom stereocenters. The van der Waals surface area contributed by atoms with Crippen molar-refractivity contribution in [1.29, 1.82) is 5.26 Å². The Hall–Kier alpha value is -5.67. The average molecular weight is 694 g/mol. The first-order chi connectivity index (χ1) is 25.2. The highest BCUT2D eigenvalue weighted by atomic mass is 16.4. The SMILES string of the molecule is Cc1c(Nc2nccc3cc(CN4CC[C@@H](O)C4)cnc23)cccc1-c1cccc(-c2nc3cc(CN[C@H]4C[C@@H](C(=O)O)C4)cc(C#N)c3o2)c1C. The lowest BCUT2D eigenvalue weighted by Gasteiger charge is -2.33. The van der Waals surface area contributed by atoms with Gasteiger partial charge in [-0.05, 0) is 103 Å². The molecule has 0 unspecified atom stereocenters. The predicted molar refractivity (Wildman–Crippen MR) is 199 cm³/mol. The van der Waals surface area contributed by atoms with Crippen molar-refractivity contribution in [2.24, 2.45) is 5.92 Å². The Morgan fingerprint density at radius 3 is 2.58 bits per heavy atom. The second-order valence-electron chi connectivity index (χ2n) is 14.0. The van der Waals surface area contributed by atoms with E-state index in [1.165, 1.54) is 0 Å². The number of hydrogen-bond donors (Lipinski definition) is 4. The second kappa shape index (κ2) is 13.8. The summed E-state index contributed by atoms with van der Waals surface area (Å²) in [4.78, 5) is 27.7. The van der Waals surface area contributed by atoms with Crippen molar-refractivity contribution in [1.82, 2.24) is 25.2 Å². The maximum absolute atomic E-state index is 11.2. The highest BCUT2D eigenvalue weighted by Crippen LogP contribution is 2.38. The lowest BCUT2D eigenvalue weighted by molar-refractivity contribution is -0.145. The molecule has 0 amide bonds. The largest absolute Gasteiger partial charge is 0.481 e. The highest BCUT2D eigenvalue weighted by Gasteiger charge is 2.34. The van der Waals surface area contributed by atoms with Gasteiger partial charge in [0.2, 0.25) is 5.89 Å². The minimum Gasteiger partial charge on any atom is -0.481 e. The van der Waals surface area contributed by atoms with Crippen LogP contribution in [0.2, 0.25) is 0 Å². The molecule has 11 nitrogen and oxygen atoms in total. The standard InChI is InChI=1S/C41H39N7O4/c1-23-32(5-3-7-34(23)40-47-36-15-25(13-29(18-42)38(36)52-40)19-44-30-16-28(17-30)41(50)51)33-6-4-8-35(24(33)2)46-39-37-27(9-11-43-39)14-26(20-45-37)21-48-12-10-31(49)22-48/h3-9,11,13-15,20,28,30-31,44,49H,10,12,16-17,19,21-22H2,1-2H3,(H,43,46)(H,50,51)/t28-,30+,31-/m1/s1. The summed E-state index contributed by atoms with van der Waals surface area (Å²) >= 11 is 0. The number of likely N-dealkylation sites (tertiary alicyclic amines) is 1. The van der Waals surface area contributed by atoms with Crippen LogP contribution in [-0.4, -0.2) is 61.3 Å². The molecule has 0 radical (unpaired) electrons. The van der Waals surface area contributed by atoms with E-state index in [-0.39, 0.29) is 18.1 Å². The molecule has 262 valence electrons. The molecule has 8 rings (SSSR count). The van der Waals surface area contributed by atoms with Crippen molar-refractivity contribution in [2.75, 3.05) is 18.4 Å². The lowest BCUT2D eigenvalue weighted by atomic mass is 9.80. The number of benzene rings is 3. The van der Waals surface area contributed by atoms with Gasteiger partial charge in [-0.2, -0.15) is 5.26 Å². The van der Waals surface area contributed by atoms with Crippen LogP contribution < -0.4 is 10.6 Å². The molecule has 6 aromatic rings. The maximum Gasteiger partial charge on any atom is 0.306 e. The first-order valence-corrected chi connectivity index (χ1v) is 17.6. The summed E-state index contributed by atoms with van der Waals surface area (Å²) in [6.45, 7) is 6.98. The third-order valence-electron chi connectivity index (χ3n) is 10.5. The number of rotatable bonds is 10. The van der Waals surface area contributed by atoms with Crippen LogP contribution >= 0.6 is 0 Å². The van der Waals surface area contributed by atoms with Gasteiger partial charge in [-0.3, -0.25) is 14.7 Å². The Morgan fingerprint density at radius 1 is 1.02 bits per heavy atom. The zero-order valence-corrected chi connectivity index (χ0v) is 29.1. The summed E-state index contributed by atoms with van der Waals surface area (Å²) in [5, 5.41) is 37.0. The molecule has 11 heteroatoms. The van der Waals surface area contributed by atoms with E-state index in [1.807, 2.05) is 48.7 Å². The van der Waals surface area contributed by atoms with Gasteiger partial charge in [0.05, 0.1) is 17.6 Å². The number of nitrogens with zero attached hydrogens (tertiary/aromatic N) is 5. The summed E-state index contributed by atoms with van der Waals surface area (Å²) in [5.41, 5.74) is 10.1. The number of pyridine rings is 2. The van der Waals surface area contributed by atoms with E-state index in [0.29, 0.717) is 54.3 Å². The van der Waals surface area contributed by atoms with Crippen LogP contribution in [0.3, 0.4) is 0 Å². The molecule has 4 heterocycles. The molecular formula is C41H39N7O4. The molecule has 1 aliphatic heterocycles. The fourth-order valence-corrected chi connectivity index (χ4v) is 7.49. The molecule has 4 N–H and O–H groups in total. The lowest BCUT2D eigenvalue weighted by Crippen LogP contribution is -2.43. The molecule has 2 fully saturated rings. The molecule has 3 aromatic heterocycles.